The molecule has 0 heterocycles. The minimum absolute atomic E-state index is 0.00421. The van der Waals surface area contributed by atoms with Crippen LogP contribution in [0.1, 0.15) is 47.1 Å². The molecule has 0 aliphatic heterocycles. The minimum atomic E-state index is -2.28. The lowest BCUT2D eigenvalue weighted by atomic mass is 10.0. The fourth-order valence-electron chi connectivity index (χ4n) is 2.71. The third kappa shape index (κ3) is 8.29. The Hall–Kier alpha value is -2.47. The Balaban J connectivity index is 3.60. The summed E-state index contributed by atoms with van der Waals surface area (Å²) in [6, 6.07) is 2.35. The van der Waals surface area contributed by atoms with Gasteiger partial charge in [-0.05, 0) is 54.0 Å². The van der Waals surface area contributed by atoms with E-state index in [0.29, 0.717) is 22.8 Å². The molecule has 0 aliphatic carbocycles. The van der Waals surface area contributed by atoms with Crippen molar-refractivity contribution in [3.8, 4) is 17.2 Å². The van der Waals surface area contributed by atoms with Crippen LogP contribution in [-0.4, -0.2) is 53.6 Å². The molecule has 0 saturated heterocycles. The largest absolute Gasteiger partial charge is 0.541 e. The van der Waals surface area contributed by atoms with Crippen molar-refractivity contribution in [1.29, 1.82) is 0 Å². The summed E-state index contributed by atoms with van der Waals surface area (Å²) in [7, 11) is -2.98. The molecule has 10 heteroatoms. The highest BCUT2D eigenvalue weighted by molar-refractivity contribution is 6.75. The maximum atomic E-state index is 12.0. The molecule has 1 rings (SSSR count). The van der Waals surface area contributed by atoms with Crippen LogP contribution in [0.2, 0.25) is 36.3 Å². The van der Waals surface area contributed by atoms with E-state index in [1.165, 1.54) is 6.08 Å². The number of ether oxygens (including phenoxy) is 2. The summed E-state index contributed by atoms with van der Waals surface area (Å²) in [6.07, 6.45) is 0.587. The van der Waals surface area contributed by atoms with Gasteiger partial charge in [-0.15, -0.1) is 0 Å². The molecular weight excluding hydrogens is 494 g/mol. The molecule has 0 aliphatic rings. The standard InChI is InChI=1S/C26H45NO7Si2/c1-13-14-32-24(30)27-19(23(28)29)15-18-16-20(33-35(9,10)25(2,3)4)22(31-8)21(17-18)34-36(11,12)26(5,6)7/h13,16-17,19H,1,14-15H2,2-12H3,(H,27,30)(H,28,29)/t19-/m1/s1. The quantitative estimate of drug-likeness (QED) is 0.249. The first-order valence-electron chi connectivity index (χ1n) is 12.1. The maximum Gasteiger partial charge on any atom is 0.408 e. The topological polar surface area (TPSA) is 103 Å². The van der Waals surface area contributed by atoms with Crippen molar-refractivity contribution in [3.63, 3.8) is 0 Å². The number of carbonyl (C=O) groups excluding carboxylic acids is 1. The first kappa shape index (κ1) is 31.6. The second kappa shape index (κ2) is 11.7. The van der Waals surface area contributed by atoms with Crippen molar-refractivity contribution in [2.75, 3.05) is 13.7 Å². The molecule has 1 amide bonds. The number of aliphatic carboxylic acids is 1. The Kier molecular flexibility index (Phi) is 10.3. The molecule has 0 fully saturated rings. The molecule has 2 N–H and O–H groups in total. The Morgan fingerprint density at radius 3 is 1.78 bits per heavy atom. The molecule has 1 aromatic rings. The summed E-state index contributed by atoms with van der Waals surface area (Å²) in [4.78, 5) is 24.0. The lowest BCUT2D eigenvalue weighted by molar-refractivity contribution is -0.139. The molecule has 0 bridgehead atoms. The molecule has 0 saturated carbocycles. The van der Waals surface area contributed by atoms with Gasteiger partial charge < -0.3 is 28.7 Å². The second-order valence-corrected chi connectivity index (χ2v) is 21.4. The number of carbonyl (C=O) groups is 2. The van der Waals surface area contributed by atoms with Crippen LogP contribution in [0.25, 0.3) is 0 Å². The van der Waals surface area contributed by atoms with Crippen LogP contribution >= 0.6 is 0 Å². The van der Waals surface area contributed by atoms with Crippen LogP contribution in [0.3, 0.4) is 0 Å². The number of carboxylic acids is 1. The predicted octanol–water partition coefficient (Wildman–Crippen LogP) is 6.37. The van der Waals surface area contributed by atoms with Crippen LogP contribution in [0.4, 0.5) is 4.79 Å². The van der Waals surface area contributed by atoms with E-state index in [4.69, 9.17) is 18.3 Å². The Bertz CT molecular complexity index is 898. The fourth-order valence-corrected chi connectivity index (χ4v) is 4.73. The molecule has 8 nitrogen and oxygen atoms in total. The van der Waals surface area contributed by atoms with Gasteiger partial charge in [-0.25, -0.2) is 9.59 Å². The van der Waals surface area contributed by atoms with Crippen molar-refractivity contribution in [1.82, 2.24) is 5.32 Å². The van der Waals surface area contributed by atoms with Crippen LogP contribution in [0.5, 0.6) is 17.2 Å². The van der Waals surface area contributed by atoms with Gasteiger partial charge in [0, 0.05) is 6.42 Å². The number of rotatable bonds is 11. The minimum Gasteiger partial charge on any atom is -0.541 e. The first-order chi connectivity index (χ1) is 16.3. The Morgan fingerprint density at radius 1 is 1.00 bits per heavy atom. The zero-order valence-electron chi connectivity index (χ0n) is 23.8. The van der Waals surface area contributed by atoms with E-state index in [1.54, 1.807) is 19.2 Å². The number of carboxylic acid groups (broad SMARTS) is 1. The monoisotopic (exact) mass is 539 g/mol. The van der Waals surface area contributed by atoms with Crippen LogP contribution in [0.15, 0.2) is 24.8 Å². The maximum absolute atomic E-state index is 12.0. The highest BCUT2D eigenvalue weighted by atomic mass is 28.4. The van der Waals surface area contributed by atoms with Gasteiger partial charge in [-0.2, -0.15) is 0 Å². The van der Waals surface area contributed by atoms with Gasteiger partial charge >= 0.3 is 12.1 Å². The van der Waals surface area contributed by atoms with E-state index in [1.807, 2.05) is 0 Å². The van der Waals surface area contributed by atoms with Gasteiger partial charge in [0.25, 0.3) is 16.6 Å². The molecule has 36 heavy (non-hydrogen) atoms. The van der Waals surface area contributed by atoms with Gasteiger partial charge in [-0.3, -0.25) is 0 Å². The summed E-state index contributed by atoms with van der Waals surface area (Å²) >= 11 is 0. The highest BCUT2D eigenvalue weighted by Gasteiger charge is 2.42. The Morgan fingerprint density at radius 2 is 1.44 bits per heavy atom. The number of amides is 1. The van der Waals surface area contributed by atoms with E-state index < -0.39 is 34.7 Å². The number of nitrogens with one attached hydrogen (secondary N) is 1. The van der Waals surface area contributed by atoms with Gasteiger partial charge in [-0.1, -0.05) is 54.2 Å². The van der Waals surface area contributed by atoms with E-state index in [-0.39, 0.29) is 23.1 Å². The van der Waals surface area contributed by atoms with Crippen molar-refractivity contribution in [2.45, 2.75) is 90.3 Å². The number of benzene rings is 1. The summed E-state index contributed by atoms with van der Waals surface area (Å²) in [5.74, 6) is 0.320. The van der Waals surface area contributed by atoms with Crippen LogP contribution < -0.4 is 18.9 Å². The van der Waals surface area contributed by atoms with Gasteiger partial charge in [0.15, 0.2) is 11.5 Å². The lowest BCUT2D eigenvalue weighted by Gasteiger charge is -2.39. The molecule has 1 aromatic carbocycles. The summed E-state index contributed by atoms with van der Waals surface area (Å²) in [5.41, 5.74) is 0.634. The molecule has 0 unspecified atom stereocenters. The lowest BCUT2D eigenvalue weighted by Crippen LogP contribution is -2.45. The highest BCUT2D eigenvalue weighted by Crippen LogP contribution is 2.47. The van der Waals surface area contributed by atoms with Crippen molar-refractivity contribution < 1.29 is 33.0 Å². The molecule has 0 radical (unpaired) electrons. The molecular formula is C26H45NO7Si2. The zero-order chi connectivity index (χ0) is 28.1. The normalized spacial score (nSPS) is 13.4. The van der Waals surface area contributed by atoms with Gasteiger partial charge in [0.1, 0.15) is 12.6 Å². The van der Waals surface area contributed by atoms with Crippen molar-refractivity contribution in [2.24, 2.45) is 0 Å². The third-order valence-electron chi connectivity index (χ3n) is 6.99. The average molecular weight is 540 g/mol. The number of hydrogen-bond donors (Lipinski definition) is 2. The zero-order valence-corrected chi connectivity index (χ0v) is 25.8. The summed E-state index contributed by atoms with van der Waals surface area (Å²) in [5, 5.41) is 12.0. The van der Waals surface area contributed by atoms with E-state index in [2.05, 4.69) is 79.6 Å². The van der Waals surface area contributed by atoms with Gasteiger partial charge in [0.2, 0.25) is 5.75 Å². The third-order valence-corrected chi connectivity index (χ3v) is 15.7. The van der Waals surface area contributed by atoms with E-state index >= 15 is 0 Å². The second-order valence-electron chi connectivity index (χ2n) is 12.0. The van der Waals surface area contributed by atoms with Crippen LogP contribution in [-0.2, 0) is 16.0 Å². The first-order valence-corrected chi connectivity index (χ1v) is 17.9. The molecule has 204 valence electrons. The molecule has 0 spiro atoms. The molecule has 0 aromatic heterocycles. The number of methoxy groups -OCH3 is 1. The number of alkyl carbamates (subject to hydrolysis) is 1. The summed E-state index contributed by atoms with van der Waals surface area (Å²) < 4.78 is 23.9. The average Bonchev–Trinajstić information content (AvgIpc) is 2.69. The fraction of sp³-hybridized carbons (Fsp3) is 0.615. The van der Waals surface area contributed by atoms with Gasteiger partial charge in [0.05, 0.1) is 7.11 Å². The smallest absolute Gasteiger partial charge is 0.408 e. The predicted molar refractivity (Wildman–Crippen MR) is 148 cm³/mol. The molecule has 1 atom stereocenters. The number of hydrogen-bond acceptors (Lipinski definition) is 6. The van der Waals surface area contributed by atoms with E-state index in [9.17, 15) is 14.7 Å². The van der Waals surface area contributed by atoms with Crippen LogP contribution in [0, 0.1) is 0 Å². The Labute approximate surface area is 218 Å². The van der Waals surface area contributed by atoms with Crippen molar-refractivity contribution >= 4 is 28.7 Å². The van der Waals surface area contributed by atoms with Crippen molar-refractivity contribution in [3.05, 3.63) is 30.4 Å². The summed E-state index contributed by atoms with van der Waals surface area (Å²) in [6.45, 7) is 24.8. The van der Waals surface area contributed by atoms with E-state index in [0.717, 1.165) is 0 Å². The SMILES string of the molecule is C=CCOC(=O)N[C@H](Cc1cc(O[Si](C)(C)C(C)(C)C)c(OC)c(O[Si](C)(C)C(C)(C)C)c1)C(=O)O.